The average Bonchev–Trinajstić information content (AvgIpc) is 3.74. The van der Waals surface area contributed by atoms with Crippen molar-refractivity contribution in [3.63, 3.8) is 0 Å². The van der Waals surface area contributed by atoms with E-state index in [0.29, 0.717) is 17.9 Å². The van der Waals surface area contributed by atoms with Crippen molar-refractivity contribution in [3.05, 3.63) is 168 Å². The fraction of sp³-hybridized carbons (Fsp3) is 0.0513. The molecule has 0 spiro atoms. The van der Waals surface area contributed by atoms with Gasteiger partial charge in [0.05, 0.1) is 17.9 Å². The summed E-state index contributed by atoms with van der Waals surface area (Å²) in [6, 6.07) is 41.2. The molecule has 47 heavy (non-hydrogen) atoms. The summed E-state index contributed by atoms with van der Waals surface area (Å²) < 4.78 is 29.8. The Morgan fingerprint density at radius 1 is 0.745 bits per heavy atom. The lowest BCUT2D eigenvalue weighted by Gasteiger charge is -2.11. The lowest BCUT2D eigenvalue weighted by molar-refractivity contribution is 0.618. The van der Waals surface area contributed by atoms with Gasteiger partial charge in [0.15, 0.2) is 0 Å². The molecule has 0 fully saturated rings. The van der Waals surface area contributed by atoms with Gasteiger partial charge in [0, 0.05) is 34.0 Å². The number of anilines is 1. The normalized spacial score (nSPS) is 11.5. The van der Waals surface area contributed by atoms with E-state index < -0.39 is 0 Å². The van der Waals surface area contributed by atoms with E-state index in [1.54, 1.807) is 25.1 Å². The van der Waals surface area contributed by atoms with Crippen molar-refractivity contribution in [3.8, 4) is 38.8 Å². The SMILES string of the molecule is Cc1cc(-c2nn(-c3ccccc3)cc2CN=C(Nc2sc(-c3ccc(F)cc3)nc2-c2ccccc2)c2ccccc2)ccc1F. The first-order valence-electron chi connectivity index (χ1n) is 15.1. The van der Waals surface area contributed by atoms with E-state index in [1.165, 1.54) is 29.5 Å². The van der Waals surface area contributed by atoms with Crippen molar-refractivity contribution in [2.75, 3.05) is 5.32 Å². The van der Waals surface area contributed by atoms with E-state index in [1.807, 2.05) is 108 Å². The van der Waals surface area contributed by atoms with Gasteiger partial charge in [0.1, 0.15) is 33.2 Å². The molecule has 0 aliphatic heterocycles. The second-order valence-corrected chi connectivity index (χ2v) is 12.0. The van der Waals surface area contributed by atoms with Crippen molar-refractivity contribution in [1.29, 1.82) is 0 Å². The number of thiazole rings is 1. The molecule has 8 heteroatoms. The first-order chi connectivity index (χ1) is 23.0. The van der Waals surface area contributed by atoms with Crippen molar-refractivity contribution >= 4 is 22.2 Å². The maximum Gasteiger partial charge on any atom is 0.133 e. The highest BCUT2D eigenvalue weighted by molar-refractivity contribution is 7.19. The van der Waals surface area contributed by atoms with E-state index in [2.05, 4.69) is 5.32 Å². The first kappa shape index (κ1) is 30.0. The van der Waals surface area contributed by atoms with Crippen LogP contribution >= 0.6 is 11.3 Å². The fourth-order valence-corrected chi connectivity index (χ4v) is 6.25. The van der Waals surface area contributed by atoms with Crippen LogP contribution in [-0.2, 0) is 6.54 Å². The summed E-state index contributed by atoms with van der Waals surface area (Å²) in [6.07, 6.45) is 1.98. The predicted octanol–water partition coefficient (Wildman–Crippen LogP) is 9.98. The van der Waals surface area contributed by atoms with Crippen molar-refractivity contribution in [2.24, 2.45) is 4.99 Å². The molecule has 1 N–H and O–H groups in total. The quantitative estimate of drug-likeness (QED) is 0.133. The maximum atomic E-state index is 14.2. The molecule has 0 unspecified atom stereocenters. The van der Waals surface area contributed by atoms with Crippen LogP contribution in [0.15, 0.2) is 145 Å². The second kappa shape index (κ2) is 13.3. The van der Waals surface area contributed by atoms with Gasteiger partial charge < -0.3 is 5.32 Å². The Morgan fingerprint density at radius 2 is 1.40 bits per heavy atom. The van der Waals surface area contributed by atoms with Gasteiger partial charge in [-0.05, 0) is 67.1 Å². The third-order valence-electron chi connectivity index (χ3n) is 7.69. The molecule has 0 atom stereocenters. The summed E-state index contributed by atoms with van der Waals surface area (Å²) in [5.74, 6) is 0.104. The van der Waals surface area contributed by atoms with Crippen LogP contribution in [0.4, 0.5) is 13.8 Å². The van der Waals surface area contributed by atoms with E-state index in [9.17, 15) is 8.78 Å². The van der Waals surface area contributed by atoms with E-state index in [0.717, 1.165) is 54.9 Å². The van der Waals surface area contributed by atoms with Gasteiger partial charge in [-0.25, -0.2) is 18.4 Å². The van der Waals surface area contributed by atoms with Crippen LogP contribution in [0.25, 0.3) is 38.8 Å². The van der Waals surface area contributed by atoms with Crippen LogP contribution in [0.1, 0.15) is 16.7 Å². The van der Waals surface area contributed by atoms with Gasteiger partial charge in [-0.1, -0.05) is 90.2 Å². The number of nitrogens with one attached hydrogen (secondary N) is 1. The number of nitrogens with zero attached hydrogens (tertiary/aromatic N) is 4. The minimum absolute atomic E-state index is 0.259. The average molecular weight is 638 g/mol. The molecule has 0 amide bonds. The molecule has 7 rings (SSSR count). The molecular weight excluding hydrogens is 609 g/mol. The Hall–Kier alpha value is -5.73. The van der Waals surface area contributed by atoms with Crippen LogP contribution in [0, 0.1) is 18.6 Å². The topological polar surface area (TPSA) is 55.1 Å². The zero-order valence-corrected chi connectivity index (χ0v) is 26.3. The van der Waals surface area contributed by atoms with Gasteiger partial charge in [-0.15, -0.1) is 0 Å². The number of hydrogen-bond donors (Lipinski definition) is 1. The standard InChI is InChI=1S/C39H29F2N5S/c1-26-23-30(19-22-34(26)41)35-31(25-46(45-35)33-15-9-4-10-16-33)24-42-37(28-13-7-3-8-14-28)44-39-36(27-11-5-2-6-12-27)43-38(47-39)29-17-20-32(40)21-18-29/h2-23,25H,24H2,1H3,(H,42,44). The van der Waals surface area contributed by atoms with Gasteiger partial charge in [0.2, 0.25) is 0 Å². The summed E-state index contributed by atoms with van der Waals surface area (Å²) in [5, 5.41) is 10.1. The van der Waals surface area contributed by atoms with Crippen molar-refractivity contribution in [2.45, 2.75) is 13.5 Å². The lowest BCUT2D eigenvalue weighted by atomic mass is 10.1. The van der Waals surface area contributed by atoms with Crippen LogP contribution in [0.2, 0.25) is 0 Å². The Bertz CT molecular complexity index is 2160. The first-order valence-corrected chi connectivity index (χ1v) is 15.9. The van der Waals surface area contributed by atoms with Crippen LogP contribution in [0.3, 0.4) is 0 Å². The Balaban J connectivity index is 1.31. The Labute approximate surface area is 275 Å². The number of halogens is 2. The third kappa shape index (κ3) is 6.64. The van der Waals surface area contributed by atoms with Crippen molar-refractivity contribution < 1.29 is 8.78 Å². The highest BCUT2D eigenvalue weighted by Crippen LogP contribution is 2.38. The summed E-state index contributed by atoms with van der Waals surface area (Å²) >= 11 is 1.48. The van der Waals surface area contributed by atoms with Gasteiger partial charge in [-0.3, -0.25) is 4.99 Å². The largest absolute Gasteiger partial charge is 0.330 e. The monoisotopic (exact) mass is 637 g/mol. The Kier molecular flexibility index (Phi) is 8.49. The smallest absolute Gasteiger partial charge is 0.133 e. The molecule has 0 radical (unpaired) electrons. The number of hydrogen-bond acceptors (Lipinski definition) is 4. The van der Waals surface area contributed by atoms with Gasteiger partial charge in [0.25, 0.3) is 0 Å². The molecule has 0 bridgehead atoms. The fourth-order valence-electron chi connectivity index (χ4n) is 5.26. The highest BCUT2D eigenvalue weighted by Gasteiger charge is 2.18. The highest BCUT2D eigenvalue weighted by atomic mass is 32.1. The number of rotatable bonds is 8. The summed E-state index contributed by atoms with van der Waals surface area (Å²) in [7, 11) is 0. The molecule has 7 aromatic rings. The number of aryl methyl sites for hydroxylation is 1. The van der Waals surface area contributed by atoms with Gasteiger partial charge >= 0.3 is 0 Å². The molecule has 2 aromatic heterocycles. The number of aliphatic imine (C=N–C) groups is 1. The molecule has 0 aliphatic carbocycles. The minimum Gasteiger partial charge on any atom is -0.330 e. The summed E-state index contributed by atoms with van der Waals surface area (Å²) in [5.41, 5.74) is 7.34. The third-order valence-corrected chi connectivity index (χ3v) is 8.71. The Morgan fingerprint density at radius 3 is 2.11 bits per heavy atom. The van der Waals surface area contributed by atoms with Crippen molar-refractivity contribution in [1.82, 2.24) is 14.8 Å². The molecule has 230 valence electrons. The number of para-hydroxylation sites is 1. The van der Waals surface area contributed by atoms with E-state index in [4.69, 9.17) is 15.1 Å². The zero-order chi connectivity index (χ0) is 32.2. The molecular formula is C39H29F2N5S. The minimum atomic E-state index is -0.295. The van der Waals surface area contributed by atoms with Gasteiger partial charge in [-0.2, -0.15) is 5.10 Å². The zero-order valence-electron chi connectivity index (χ0n) is 25.4. The molecule has 0 saturated heterocycles. The van der Waals surface area contributed by atoms with Crippen LogP contribution < -0.4 is 5.32 Å². The molecule has 5 aromatic carbocycles. The van der Waals surface area contributed by atoms with E-state index in [-0.39, 0.29) is 11.6 Å². The number of benzene rings is 5. The molecule has 0 aliphatic rings. The number of aromatic nitrogens is 3. The predicted molar refractivity (Wildman–Crippen MR) is 187 cm³/mol. The van der Waals surface area contributed by atoms with E-state index >= 15 is 0 Å². The summed E-state index contributed by atoms with van der Waals surface area (Å²) in [6.45, 7) is 2.06. The van der Waals surface area contributed by atoms with Crippen LogP contribution in [-0.4, -0.2) is 20.6 Å². The molecule has 5 nitrogen and oxygen atoms in total. The second-order valence-electron chi connectivity index (χ2n) is 11.0. The molecule has 2 heterocycles. The summed E-state index contributed by atoms with van der Waals surface area (Å²) in [4.78, 5) is 10.1. The molecule has 0 saturated carbocycles. The number of amidine groups is 1. The lowest BCUT2D eigenvalue weighted by Crippen LogP contribution is -2.14. The maximum absolute atomic E-state index is 14.2. The van der Waals surface area contributed by atoms with Crippen LogP contribution in [0.5, 0.6) is 0 Å².